The molecule has 0 amide bonds. The average Bonchev–Trinajstić information content (AvgIpc) is 3.19. The molecule has 0 aromatic heterocycles. The molecule has 0 radical (unpaired) electrons. The Hall–Kier alpha value is -6.19. The molecule has 0 saturated heterocycles. The van der Waals surface area contributed by atoms with Gasteiger partial charge in [0, 0.05) is 22.6 Å². The van der Waals surface area contributed by atoms with Gasteiger partial charge in [0.1, 0.15) is 60.6 Å². The van der Waals surface area contributed by atoms with E-state index in [4.69, 9.17) is 18.9 Å². The van der Waals surface area contributed by atoms with Gasteiger partial charge in [-0.15, -0.1) is 0 Å². The van der Waals surface area contributed by atoms with Gasteiger partial charge < -0.3 is 29.2 Å². The van der Waals surface area contributed by atoms with E-state index in [1.807, 2.05) is 121 Å². The molecule has 0 aliphatic rings. The van der Waals surface area contributed by atoms with Gasteiger partial charge in [0.25, 0.3) is 0 Å². The molecule has 0 saturated carbocycles. The number of carbonyl (C=O) groups is 2. The van der Waals surface area contributed by atoms with Crippen molar-refractivity contribution in [1.82, 2.24) is 0 Å². The van der Waals surface area contributed by atoms with Crippen LogP contribution in [0.1, 0.15) is 54.1 Å². The molecule has 268 valence electrons. The molecule has 0 heterocycles. The van der Waals surface area contributed by atoms with Gasteiger partial charge in [-0.2, -0.15) is 11.8 Å². The zero-order chi connectivity index (χ0) is 36.8. The van der Waals surface area contributed by atoms with Crippen molar-refractivity contribution in [2.45, 2.75) is 37.9 Å². The lowest BCUT2D eigenvalue weighted by molar-refractivity contribution is 0.0680. The highest BCUT2D eigenvalue weighted by Gasteiger charge is 2.21. The molecule has 6 rings (SSSR count). The van der Waals surface area contributed by atoms with Crippen molar-refractivity contribution in [3.63, 3.8) is 0 Å². The molecule has 0 aliphatic carbocycles. The second kappa shape index (κ2) is 18.3. The summed E-state index contributed by atoms with van der Waals surface area (Å²) in [5.41, 5.74) is 5.17. The number of aromatic carboxylic acids is 2. The fourth-order valence-electron chi connectivity index (χ4n) is 5.48. The van der Waals surface area contributed by atoms with Gasteiger partial charge in [-0.3, -0.25) is 0 Å². The quantitative estimate of drug-likeness (QED) is 0.0894. The molecule has 2 N–H and O–H groups in total. The van der Waals surface area contributed by atoms with Crippen LogP contribution in [0.2, 0.25) is 0 Å². The van der Waals surface area contributed by atoms with Crippen LogP contribution in [0.25, 0.3) is 0 Å². The third-order valence-corrected chi connectivity index (χ3v) is 9.28. The normalized spacial score (nSPS) is 10.7. The fourth-order valence-corrected chi connectivity index (χ4v) is 6.48. The van der Waals surface area contributed by atoms with Crippen molar-refractivity contribution in [2.75, 3.05) is 0 Å². The van der Waals surface area contributed by atoms with Crippen LogP contribution in [0, 0.1) is 0 Å². The molecule has 6 aromatic carbocycles. The Balaban J connectivity index is 1.28. The first kappa shape index (κ1) is 36.6. The van der Waals surface area contributed by atoms with E-state index in [0.717, 1.165) is 33.4 Å². The van der Waals surface area contributed by atoms with Crippen LogP contribution in [0.3, 0.4) is 0 Å². The maximum absolute atomic E-state index is 12.4. The van der Waals surface area contributed by atoms with Crippen molar-refractivity contribution >= 4 is 23.7 Å². The number of hydrogen-bond donors (Lipinski definition) is 2. The Morgan fingerprint density at radius 3 is 0.981 bits per heavy atom. The Bertz CT molecular complexity index is 1950. The molecule has 0 bridgehead atoms. The van der Waals surface area contributed by atoms with Crippen molar-refractivity contribution in [3.05, 3.63) is 190 Å². The monoisotopic (exact) mass is 726 g/mol. The fraction of sp³-hybridized carbons (Fsp3) is 0.136. The number of thioether (sulfide) groups is 1. The lowest BCUT2D eigenvalue weighted by atomic mass is 10.1. The Labute approximate surface area is 312 Å². The average molecular weight is 727 g/mol. The summed E-state index contributed by atoms with van der Waals surface area (Å²) in [6.07, 6.45) is 0. The smallest absolute Gasteiger partial charge is 0.339 e. The van der Waals surface area contributed by atoms with Crippen LogP contribution < -0.4 is 18.9 Å². The standard InChI is InChI=1S/C44H38O8S/c45-43(46)37-23-39(49-25-31-13-5-1-6-14-31)35(21-41(37)51-27-33-17-9-3-10-18-33)29-53-30-36-22-42(52-28-34-19-11-4-12-20-34)38(44(47)48)24-40(36)50-26-32-15-7-2-8-16-32/h1-24H,25-30H2,(H,45,46)(H,47,48). The third kappa shape index (κ3) is 10.4. The third-order valence-electron chi connectivity index (χ3n) is 8.25. The SMILES string of the molecule is O=C(O)c1cc(OCc2ccccc2)c(CSCc2cc(OCc3ccccc3)c(C(=O)O)cc2OCc2ccccc2)cc1OCc1ccccc1. The molecule has 0 spiro atoms. The summed E-state index contributed by atoms with van der Waals surface area (Å²) in [6.45, 7) is 0.888. The predicted octanol–water partition coefficient (Wildman–Crippen LogP) is 9.83. The summed E-state index contributed by atoms with van der Waals surface area (Å²) in [6, 6.07) is 44.9. The molecule has 0 aliphatic heterocycles. The first-order chi connectivity index (χ1) is 25.9. The van der Waals surface area contributed by atoms with Crippen molar-refractivity contribution in [2.24, 2.45) is 0 Å². The molecule has 0 unspecified atom stereocenters. The van der Waals surface area contributed by atoms with Gasteiger partial charge in [0.05, 0.1) is 0 Å². The van der Waals surface area contributed by atoms with Crippen LogP contribution in [-0.4, -0.2) is 22.2 Å². The van der Waals surface area contributed by atoms with Crippen LogP contribution in [0.4, 0.5) is 0 Å². The van der Waals surface area contributed by atoms with E-state index in [1.165, 1.54) is 12.1 Å². The maximum Gasteiger partial charge on any atom is 0.339 e. The minimum atomic E-state index is -1.13. The summed E-state index contributed by atoms with van der Waals surface area (Å²) in [7, 11) is 0. The number of carboxylic acid groups (broad SMARTS) is 2. The first-order valence-electron chi connectivity index (χ1n) is 17.0. The number of carboxylic acids is 2. The topological polar surface area (TPSA) is 112 Å². The van der Waals surface area contributed by atoms with E-state index in [9.17, 15) is 19.8 Å². The van der Waals surface area contributed by atoms with Gasteiger partial charge >= 0.3 is 11.9 Å². The highest BCUT2D eigenvalue weighted by molar-refractivity contribution is 7.97. The Morgan fingerprint density at radius 1 is 0.415 bits per heavy atom. The van der Waals surface area contributed by atoms with Crippen LogP contribution in [0.15, 0.2) is 146 Å². The Kier molecular flexibility index (Phi) is 12.7. The summed E-state index contributed by atoms with van der Waals surface area (Å²) in [4.78, 5) is 24.8. The summed E-state index contributed by atoms with van der Waals surface area (Å²) in [5.74, 6) is -0.0807. The molecule has 0 atom stereocenters. The van der Waals surface area contributed by atoms with E-state index < -0.39 is 11.9 Å². The van der Waals surface area contributed by atoms with E-state index in [-0.39, 0.29) is 49.1 Å². The zero-order valence-electron chi connectivity index (χ0n) is 28.9. The first-order valence-corrected chi connectivity index (χ1v) is 18.1. The van der Waals surface area contributed by atoms with Crippen LogP contribution in [-0.2, 0) is 37.9 Å². The van der Waals surface area contributed by atoms with Crippen molar-refractivity contribution < 1.29 is 38.7 Å². The summed E-state index contributed by atoms with van der Waals surface area (Å²) >= 11 is 1.54. The van der Waals surface area contributed by atoms with Gasteiger partial charge in [-0.25, -0.2) is 9.59 Å². The van der Waals surface area contributed by atoms with Crippen LogP contribution >= 0.6 is 11.8 Å². The highest BCUT2D eigenvalue weighted by Crippen LogP contribution is 2.37. The molecule has 8 nitrogen and oxygen atoms in total. The highest BCUT2D eigenvalue weighted by atomic mass is 32.2. The Morgan fingerprint density at radius 2 is 0.698 bits per heavy atom. The number of rotatable bonds is 18. The second-order valence-corrected chi connectivity index (χ2v) is 13.1. The van der Waals surface area contributed by atoms with E-state index in [2.05, 4.69) is 0 Å². The van der Waals surface area contributed by atoms with Gasteiger partial charge in [-0.05, 0) is 46.5 Å². The maximum atomic E-state index is 12.4. The molecule has 9 heteroatoms. The predicted molar refractivity (Wildman–Crippen MR) is 205 cm³/mol. The van der Waals surface area contributed by atoms with Gasteiger partial charge in [0.2, 0.25) is 0 Å². The summed E-state index contributed by atoms with van der Waals surface area (Å²) < 4.78 is 24.6. The molecule has 6 aromatic rings. The molecular weight excluding hydrogens is 689 g/mol. The zero-order valence-corrected chi connectivity index (χ0v) is 29.7. The number of ether oxygens (including phenoxy) is 4. The largest absolute Gasteiger partial charge is 0.489 e. The molecule has 0 fully saturated rings. The van der Waals surface area contributed by atoms with Crippen molar-refractivity contribution in [1.29, 1.82) is 0 Å². The van der Waals surface area contributed by atoms with E-state index >= 15 is 0 Å². The van der Waals surface area contributed by atoms with Crippen LogP contribution in [0.5, 0.6) is 23.0 Å². The minimum absolute atomic E-state index is 0.00110. The number of benzene rings is 6. The van der Waals surface area contributed by atoms with E-state index in [0.29, 0.717) is 23.0 Å². The molecular formula is C44H38O8S. The lowest BCUT2D eigenvalue weighted by Crippen LogP contribution is -2.07. The lowest BCUT2D eigenvalue weighted by Gasteiger charge is -2.18. The van der Waals surface area contributed by atoms with Crippen molar-refractivity contribution in [3.8, 4) is 23.0 Å². The second-order valence-electron chi connectivity index (χ2n) is 12.1. The summed E-state index contributed by atoms with van der Waals surface area (Å²) in [5, 5.41) is 20.3. The van der Waals surface area contributed by atoms with Gasteiger partial charge in [-0.1, -0.05) is 121 Å². The molecule has 53 heavy (non-hydrogen) atoms. The number of hydrogen-bond acceptors (Lipinski definition) is 7. The minimum Gasteiger partial charge on any atom is -0.489 e. The van der Waals surface area contributed by atoms with Gasteiger partial charge in [0.15, 0.2) is 0 Å². The van der Waals surface area contributed by atoms with E-state index in [1.54, 1.807) is 23.9 Å².